The highest BCUT2D eigenvalue weighted by Gasteiger charge is 2.33. The molecule has 0 bridgehead atoms. The Morgan fingerprint density at radius 3 is 2.74 bits per heavy atom. The number of rotatable bonds is 3. The van der Waals surface area contributed by atoms with E-state index in [0.29, 0.717) is 12.0 Å². The van der Waals surface area contributed by atoms with Gasteiger partial charge in [0.1, 0.15) is 5.75 Å². The SMILES string of the molecule is COc1ccc(C2CN(C3CCOCC3)Cc3[nH]cnc32)cc1. The lowest BCUT2D eigenvalue weighted by molar-refractivity contribution is 0.0264. The summed E-state index contributed by atoms with van der Waals surface area (Å²) in [6, 6.07) is 9.01. The third-order valence-electron chi connectivity index (χ3n) is 5.09. The van der Waals surface area contributed by atoms with Crippen LogP contribution < -0.4 is 4.74 Å². The summed E-state index contributed by atoms with van der Waals surface area (Å²) in [6.45, 7) is 3.75. The minimum Gasteiger partial charge on any atom is -0.497 e. The van der Waals surface area contributed by atoms with Crippen molar-refractivity contribution in [3.8, 4) is 5.75 Å². The number of hydrogen-bond donors (Lipinski definition) is 1. The van der Waals surface area contributed by atoms with Crippen LogP contribution in [0.2, 0.25) is 0 Å². The second-order valence-corrected chi connectivity index (χ2v) is 6.37. The number of aromatic nitrogens is 2. The van der Waals surface area contributed by atoms with Gasteiger partial charge in [-0.25, -0.2) is 4.98 Å². The average Bonchev–Trinajstić information content (AvgIpc) is 3.10. The van der Waals surface area contributed by atoms with Gasteiger partial charge >= 0.3 is 0 Å². The second-order valence-electron chi connectivity index (χ2n) is 6.37. The fourth-order valence-corrected chi connectivity index (χ4v) is 3.78. The zero-order valence-corrected chi connectivity index (χ0v) is 13.5. The van der Waals surface area contributed by atoms with E-state index < -0.39 is 0 Å². The zero-order chi connectivity index (χ0) is 15.6. The van der Waals surface area contributed by atoms with Crippen molar-refractivity contribution in [3.05, 3.63) is 47.5 Å². The van der Waals surface area contributed by atoms with E-state index in [-0.39, 0.29) is 0 Å². The first-order chi connectivity index (χ1) is 11.3. The molecule has 1 aromatic carbocycles. The zero-order valence-electron chi connectivity index (χ0n) is 13.5. The molecular formula is C18H23N3O2. The van der Waals surface area contributed by atoms with Gasteiger partial charge in [-0.1, -0.05) is 12.1 Å². The fraction of sp³-hybridized carbons (Fsp3) is 0.500. The van der Waals surface area contributed by atoms with E-state index in [9.17, 15) is 0 Å². The van der Waals surface area contributed by atoms with E-state index >= 15 is 0 Å². The van der Waals surface area contributed by atoms with Crippen LogP contribution in [0.1, 0.15) is 35.7 Å². The summed E-state index contributed by atoms with van der Waals surface area (Å²) in [4.78, 5) is 10.5. The lowest BCUT2D eigenvalue weighted by Gasteiger charge is -2.39. The first-order valence-electron chi connectivity index (χ1n) is 8.33. The highest BCUT2D eigenvalue weighted by atomic mass is 16.5. The molecule has 5 nitrogen and oxygen atoms in total. The minimum absolute atomic E-state index is 0.318. The van der Waals surface area contributed by atoms with Gasteiger partial charge in [0.15, 0.2) is 0 Å². The molecule has 1 saturated heterocycles. The van der Waals surface area contributed by atoms with E-state index in [1.165, 1.54) is 17.0 Å². The Morgan fingerprint density at radius 2 is 2.00 bits per heavy atom. The molecule has 2 aromatic rings. The molecule has 0 amide bonds. The molecule has 0 aliphatic carbocycles. The van der Waals surface area contributed by atoms with Crippen molar-refractivity contribution in [2.45, 2.75) is 31.3 Å². The highest BCUT2D eigenvalue weighted by Crippen LogP contribution is 2.34. The standard InChI is InChI=1S/C18H23N3O2/c1-22-15-4-2-13(3-5-15)16-10-21(14-6-8-23-9-7-14)11-17-18(16)20-12-19-17/h2-5,12,14,16H,6-11H2,1H3,(H,19,20). The Morgan fingerprint density at radius 1 is 1.22 bits per heavy atom. The van der Waals surface area contributed by atoms with Crippen molar-refractivity contribution in [2.75, 3.05) is 26.9 Å². The molecule has 4 rings (SSSR count). The van der Waals surface area contributed by atoms with Crippen LogP contribution in [-0.2, 0) is 11.3 Å². The number of nitrogens with zero attached hydrogens (tertiary/aromatic N) is 2. The number of H-pyrrole nitrogens is 1. The largest absolute Gasteiger partial charge is 0.497 e. The number of hydrogen-bond acceptors (Lipinski definition) is 4. The van der Waals surface area contributed by atoms with Gasteiger partial charge in [0, 0.05) is 38.3 Å². The van der Waals surface area contributed by atoms with Gasteiger partial charge in [-0.05, 0) is 30.5 Å². The molecule has 0 radical (unpaired) electrons. The summed E-state index contributed by atoms with van der Waals surface area (Å²) in [7, 11) is 1.70. The molecule has 2 aliphatic rings. The fourth-order valence-electron chi connectivity index (χ4n) is 3.78. The van der Waals surface area contributed by atoms with Crippen LogP contribution in [0.3, 0.4) is 0 Å². The molecule has 1 N–H and O–H groups in total. The third-order valence-corrected chi connectivity index (χ3v) is 5.09. The van der Waals surface area contributed by atoms with Crippen LogP contribution >= 0.6 is 0 Å². The van der Waals surface area contributed by atoms with Gasteiger partial charge in [0.05, 0.1) is 24.8 Å². The quantitative estimate of drug-likeness (QED) is 0.946. The van der Waals surface area contributed by atoms with Crippen LogP contribution in [0.15, 0.2) is 30.6 Å². The summed E-state index contributed by atoms with van der Waals surface area (Å²) in [5.41, 5.74) is 3.75. The Hall–Kier alpha value is -1.85. The Balaban J connectivity index is 1.62. The van der Waals surface area contributed by atoms with Crippen molar-refractivity contribution < 1.29 is 9.47 Å². The Kier molecular flexibility index (Phi) is 4.06. The number of benzene rings is 1. The molecule has 0 saturated carbocycles. The molecule has 3 heterocycles. The predicted molar refractivity (Wildman–Crippen MR) is 87.7 cm³/mol. The molecule has 1 aromatic heterocycles. The summed E-state index contributed by atoms with van der Waals surface area (Å²) < 4.78 is 10.8. The van der Waals surface area contributed by atoms with E-state index in [2.05, 4.69) is 27.0 Å². The molecular weight excluding hydrogens is 290 g/mol. The van der Waals surface area contributed by atoms with Crippen LogP contribution in [0.4, 0.5) is 0 Å². The van der Waals surface area contributed by atoms with Crippen molar-refractivity contribution in [1.82, 2.24) is 14.9 Å². The molecule has 122 valence electrons. The lowest BCUT2D eigenvalue weighted by Crippen LogP contribution is -2.44. The van der Waals surface area contributed by atoms with Gasteiger partial charge in [0.2, 0.25) is 0 Å². The Labute approximate surface area is 136 Å². The van der Waals surface area contributed by atoms with Gasteiger partial charge < -0.3 is 14.5 Å². The molecule has 0 spiro atoms. The Bertz CT molecular complexity index is 647. The normalized spacial score (nSPS) is 22.7. The van der Waals surface area contributed by atoms with Crippen LogP contribution in [-0.4, -0.2) is 47.8 Å². The minimum atomic E-state index is 0.318. The smallest absolute Gasteiger partial charge is 0.118 e. The number of imidazole rings is 1. The third kappa shape index (κ3) is 2.86. The first kappa shape index (κ1) is 14.7. The number of ether oxygens (including phenoxy) is 2. The maximum absolute atomic E-state index is 5.52. The number of nitrogens with one attached hydrogen (secondary N) is 1. The van der Waals surface area contributed by atoms with E-state index in [1.807, 2.05) is 18.5 Å². The van der Waals surface area contributed by atoms with Crippen molar-refractivity contribution in [3.63, 3.8) is 0 Å². The van der Waals surface area contributed by atoms with Crippen molar-refractivity contribution in [1.29, 1.82) is 0 Å². The van der Waals surface area contributed by atoms with Gasteiger partial charge in [-0.15, -0.1) is 0 Å². The summed E-state index contributed by atoms with van der Waals surface area (Å²) in [5, 5.41) is 0. The molecule has 23 heavy (non-hydrogen) atoms. The molecule has 2 aliphatic heterocycles. The lowest BCUT2D eigenvalue weighted by atomic mass is 9.89. The number of methoxy groups -OCH3 is 1. The summed E-state index contributed by atoms with van der Waals surface area (Å²) in [5.74, 6) is 1.21. The number of aromatic amines is 1. The predicted octanol–water partition coefficient (Wildman–Crippen LogP) is 2.54. The highest BCUT2D eigenvalue weighted by molar-refractivity contribution is 5.36. The van der Waals surface area contributed by atoms with Gasteiger partial charge in [-0.2, -0.15) is 0 Å². The maximum Gasteiger partial charge on any atom is 0.118 e. The van der Waals surface area contributed by atoms with E-state index in [0.717, 1.165) is 44.9 Å². The van der Waals surface area contributed by atoms with Crippen LogP contribution in [0, 0.1) is 0 Å². The molecule has 1 atom stereocenters. The van der Waals surface area contributed by atoms with E-state index in [4.69, 9.17) is 9.47 Å². The van der Waals surface area contributed by atoms with Crippen LogP contribution in [0.25, 0.3) is 0 Å². The summed E-state index contributed by atoms with van der Waals surface area (Å²) in [6.07, 6.45) is 4.08. The van der Waals surface area contributed by atoms with Gasteiger partial charge in [-0.3, -0.25) is 4.90 Å². The van der Waals surface area contributed by atoms with Crippen molar-refractivity contribution >= 4 is 0 Å². The monoisotopic (exact) mass is 313 g/mol. The average molecular weight is 313 g/mol. The number of fused-ring (bicyclic) bond motifs is 1. The maximum atomic E-state index is 5.52. The topological polar surface area (TPSA) is 50.4 Å². The van der Waals surface area contributed by atoms with Gasteiger partial charge in [0.25, 0.3) is 0 Å². The molecule has 1 unspecified atom stereocenters. The van der Waals surface area contributed by atoms with Crippen LogP contribution in [0.5, 0.6) is 5.75 Å². The molecule has 5 heteroatoms. The van der Waals surface area contributed by atoms with E-state index in [1.54, 1.807) is 7.11 Å². The van der Waals surface area contributed by atoms with Crippen molar-refractivity contribution in [2.24, 2.45) is 0 Å². The summed E-state index contributed by atoms with van der Waals surface area (Å²) >= 11 is 0. The molecule has 1 fully saturated rings. The first-order valence-corrected chi connectivity index (χ1v) is 8.33. The second kappa shape index (κ2) is 6.34.